The Morgan fingerprint density at radius 3 is 2.50 bits per heavy atom. The van der Waals surface area contributed by atoms with Gasteiger partial charge in [-0.3, -0.25) is 4.90 Å². The van der Waals surface area contributed by atoms with Gasteiger partial charge in [-0.1, -0.05) is 6.08 Å². The largest absolute Gasteiger partial charge is 0.467 e. The number of nitrogens with one attached hydrogen (secondary N) is 1. The van der Waals surface area contributed by atoms with Crippen molar-refractivity contribution < 1.29 is 19.1 Å². The van der Waals surface area contributed by atoms with Crippen molar-refractivity contribution in [1.82, 2.24) is 10.2 Å². The van der Waals surface area contributed by atoms with E-state index in [2.05, 4.69) is 16.8 Å². The van der Waals surface area contributed by atoms with Crippen molar-refractivity contribution >= 4 is 12.1 Å². The minimum atomic E-state index is -0.703. The molecular weight excluding hydrogens is 284 g/mol. The highest BCUT2D eigenvalue weighted by molar-refractivity contribution is 5.81. The Balaban J connectivity index is 2.54. The molecule has 0 bridgehead atoms. The summed E-state index contributed by atoms with van der Waals surface area (Å²) in [5, 5.41) is 2.59. The van der Waals surface area contributed by atoms with Crippen molar-refractivity contribution in [2.75, 3.05) is 20.2 Å². The van der Waals surface area contributed by atoms with Crippen LogP contribution in [0.1, 0.15) is 40.0 Å². The van der Waals surface area contributed by atoms with Crippen LogP contribution in [0.2, 0.25) is 0 Å². The number of nitrogens with zero attached hydrogens (tertiary/aromatic N) is 1. The maximum atomic E-state index is 11.8. The zero-order chi connectivity index (χ0) is 16.8. The third-order valence-corrected chi connectivity index (χ3v) is 3.31. The van der Waals surface area contributed by atoms with Crippen LogP contribution >= 0.6 is 0 Å². The molecule has 0 saturated heterocycles. The molecule has 1 N–H and O–H groups in total. The molecule has 22 heavy (non-hydrogen) atoms. The van der Waals surface area contributed by atoms with E-state index in [0.29, 0.717) is 19.0 Å². The third-order valence-electron chi connectivity index (χ3n) is 3.31. The van der Waals surface area contributed by atoms with E-state index in [-0.39, 0.29) is 0 Å². The van der Waals surface area contributed by atoms with Gasteiger partial charge in [0, 0.05) is 19.1 Å². The highest BCUT2D eigenvalue weighted by Crippen LogP contribution is 2.26. The molecule has 1 rings (SSSR count). The maximum absolute atomic E-state index is 11.8. The van der Waals surface area contributed by atoms with Crippen LogP contribution in [0.15, 0.2) is 12.7 Å². The lowest BCUT2D eigenvalue weighted by atomic mass is 10.2. The normalized spacial score (nSPS) is 16.0. The number of esters is 1. The van der Waals surface area contributed by atoms with Crippen LogP contribution in [0.3, 0.4) is 0 Å². The molecule has 0 aromatic carbocycles. The smallest absolute Gasteiger partial charge is 0.408 e. The molecule has 0 aliphatic heterocycles. The van der Waals surface area contributed by atoms with Gasteiger partial charge in [0.05, 0.1) is 7.11 Å². The molecular formula is C16H28N2O4. The third kappa shape index (κ3) is 6.93. The summed E-state index contributed by atoms with van der Waals surface area (Å²) < 4.78 is 9.95. The van der Waals surface area contributed by atoms with Crippen LogP contribution in [0.5, 0.6) is 0 Å². The summed E-state index contributed by atoms with van der Waals surface area (Å²) in [5.41, 5.74) is -0.604. The molecule has 1 amide bonds. The van der Waals surface area contributed by atoms with Crippen LogP contribution in [-0.2, 0) is 14.3 Å². The molecule has 0 heterocycles. The number of carbonyl (C=O) groups excluding carboxylic acids is 2. The molecule has 6 nitrogen and oxygen atoms in total. The van der Waals surface area contributed by atoms with Crippen LogP contribution < -0.4 is 5.32 Å². The van der Waals surface area contributed by atoms with Crippen molar-refractivity contribution in [2.24, 2.45) is 0 Å². The second-order valence-corrected chi connectivity index (χ2v) is 6.53. The average molecular weight is 312 g/mol. The number of rotatable bonds is 8. The number of carbonyl (C=O) groups is 2. The Labute approximate surface area is 132 Å². The molecule has 1 aliphatic rings. The lowest BCUT2D eigenvalue weighted by Crippen LogP contribution is -2.45. The highest BCUT2D eigenvalue weighted by Gasteiger charge is 2.30. The molecule has 1 saturated carbocycles. The van der Waals surface area contributed by atoms with Gasteiger partial charge in [0.2, 0.25) is 0 Å². The first-order valence-corrected chi connectivity index (χ1v) is 7.69. The standard InChI is InChI=1S/C16H28N2O4/c1-6-10-18(12-7-8-12)11-9-13(14(19)21-5)17-15(20)22-16(2,3)4/h6,12-13H,1,7-11H2,2-5H3,(H,17,20). The van der Waals surface area contributed by atoms with Crippen LogP contribution in [0.25, 0.3) is 0 Å². The van der Waals surface area contributed by atoms with Crippen molar-refractivity contribution in [3.8, 4) is 0 Å². The molecule has 0 aromatic heterocycles. The van der Waals surface area contributed by atoms with Crippen LogP contribution in [0, 0.1) is 0 Å². The molecule has 126 valence electrons. The zero-order valence-corrected chi connectivity index (χ0v) is 14.1. The Kier molecular flexibility index (Phi) is 6.87. The van der Waals surface area contributed by atoms with E-state index in [1.165, 1.54) is 20.0 Å². The minimum Gasteiger partial charge on any atom is -0.467 e. The van der Waals surface area contributed by atoms with E-state index < -0.39 is 23.7 Å². The summed E-state index contributed by atoms with van der Waals surface area (Å²) in [4.78, 5) is 25.9. The van der Waals surface area contributed by atoms with Gasteiger partial charge in [0.1, 0.15) is 11.6 Å². The van der Waals surface area contributed by atoms with Crippen molar-refractivity contribution in [1.29, 1.82) is 0 Å². The van der Waals surface area contributed by atoms with Crippen molar-refractivity contribution in [3.05, 3.63) is 12.7 Å². The number of hydrogen-bond acceptors (Lipinski definition) is 5. The van der Waals surface area contributed by atoms with E-state index in [1.54, 1.807) is 20.8 Å². The Bertz CT molecular complexity index is 399. The van der Waals surface area contributed by atoms with E-state index in [4.69, 9.17) is 9.47 Å². The van der Waals surface area contributed by atoms with E-state index >= 15 is 0 Å². The van der Waals surface area contributed by atoms with Gasteiger partial charge in [0.25, 0.3) is 0 Å². The topological polar surface area (TPSA) is 67.9 Å². The molecule has 0 aromatic rings. The second kappa shape index (κ2) is 8.17. The summed E-state index contributed by atoms with van der Waals surface area (Å²) >= 11 is 0. The SMILES string of the molecule is C=CCN(CCC(NC(=O)OC(C)(C)C)C(=O)OC)C1CC1. The molecule has 0 radical (unpaired) electrons. The lowest BCUT2D eigenvalue weighted by molar-refractivity contribution is -0.143. The number of alkyl carbamates (subject to hydrolysis) is 1. The monoisotopic (exact) mass is 312 g/mol. The van der Waals surface area contributed by atoms with E-state index in [1.807, 2.05) is 6.08 Å². The van der Waals surface area contributed by atoms with Crippen molar-refractivity contribution in [3.63, 3.8) is 0 Å². The predicted molar refractivity (Wildman–Crippen MR) is 84.6 cm³/mol. The number of hydrogen-bond donors (Lipinski definition) is 1. The highest BCUT2D eigenvalue weighted by atomic mass is 16.6. The molecule has 6 heteroatoms. The van der Waals surface area contributed by atoms with Crippen LogP contribution in [0.4, 0.5) is 4.79 Å². The maximum Gasteiger partial charge on any atom is 0.408 e. The fourth-order valence-corrected chi connectivity index (χ4v) is 2.16. The van der Waals surface area contributed by atoms with Gasteiger partial charge in [-0.05, 0) is 40.0 Å². The Hall–Kier alpha value is -1.56. The lowest BCUT2D eigenvalue weighted by Gasteiger charge is -2.25. The first-order valence-electron chi connectivity index (χ1n) is 7.69. The Morgan fingerprint density at radius 1 is 1.41 bits per heavy atom. The number of amides is 1. The molecule has 1 atom stereocenters. The fraction of sp³-hybridized carbons (Fsp3) is 0.750. The van der Waals surface area contributed by atoms with Gasteiger partial charge >= 0.3 is 12.1 Å². The van der Waals surface area contributed by atoms with Crippen LogP contribution in [-0.4, -0.2) is 54.8 Å². The molecule has 1 unspecified atom stereocenters. The minimum absolute atomic E-state index is 0.458. The first-order chi connectivity index (χ1) is 10.3. The summed E-state index contributed by atoms with van der Waals surface area (Å²) in [6.45, 7) is 10.6. The van der Waals surface area contributed by atoms with E-state index in [0.717, 1.165) is 6.54 Å². The van der Waals surface area contributed by atoms with Gasteiger partial charge < -0.3 is 14.8 Å². The van der Waals surface area contributed by atoms with Gasteiger partial charge in [-0.2, -0.15) is 0 Å². The zero-order valence-electron chi connectivity index (χ0n) is 14.1. The van der Waals surface area contributed by atoms with Crippen molar-refractivity contribution in [2.45, 2.75) is 57.7 Å². The van der Waals surface area contributed by atoms with E-state index in [9.17, 15) is 9.59 Å². The molecule has 1 fully saturated rings. The second-order valence-electron chi connectivity index (χ2n) is 6.53. The van der Waals surface area contributed by atoms with Gasteiger partial charge in [0.15, 0.2) is 0 Å². The fourth-order valence-electron chi connectivity index (χ4n) is 2.16. The van der Waals surface area contributed by atoms with Gasteiger partial charge in [-0.15, -0.1) is 6.58 Å². The van der Waals surface area contributed by atoms with Gasteiger partial charge in [-0.25, -0.2) is 9.59 Å². The summed E-state index contributed by atoms with van der Waals surface area (Å²) in [5.74, 6) is -0.458. The number of methoxy groups -OCH3 is 1. The molecule has 1 aliphatic carbocycles. The molecule has 0 spiro atoms. The Morgan fingerprint density at radius 2 is 2.05 bits per heavy atom. The number of ether oxygens (including phenoxy) is 2. The first kappa shape index (κ1) is 18.5. The average Bonchev–Trinajstić information content (AvgIpc) is 3.23. The summed E-state index contributed by atoms with van der Waals surface area (Å²) in [7, 11) is 1.31. The summed E-state index contributed by atoms with van der Waals surface area (Å²) in [6, 6.07) is -0.135. The predicted octanol–water partition coefficient (Wildman–Crippen LogP) is 2.09. The summed E-state index contributed by atoms with van der Waals surface area (Å²) in [6.07, 6.45) is 4.08. The quantitative estimate of drug-likeness (QED) is 0.549.